The number of carbonyl (C=O) groups excluding carboxylic acids is 1. The van der Waals surface area contributed by atoms with E-state index in [-0.39, 0.29) is 5.56 Å². The lowest BCUT2D eigenvalue weighted by Crippen LogP contribution is -1.94. The molecule has 0 unspecified atom stereocenters. The Hall–Kier alpha value is -2.76. The van der Waals surface area contributed by atoms with Crippen LogP contribution in [0.1, 0.15) is 24.8 Å². The molecule has 124 valence electrons. The summed E-state index contributed by atoms with van der Waals surface area (Å²) >= 11 is 0. The molecule has 1 aromatic carbocycles. The van der Waals surface area contributed by atoms with E-state index in [0.29, 0.717) is 23.4 Å². The number of rotatable bonds is 3. The molecule has 0 saturated heterocycles. The lowest BCUT2D eigenvalue weighted by atomic mass is 10.0. The van der Waals surface area contributed by atoms with Crippen LogP contribution in [0.15, 0.2) is 36.7 Å². The van der Waals surface area contributed by atoms with Crippen molar-refractivity contribution in [1.29, 1.82) is 0 Å². The molecule has 0 radical (unpaired) electrons. The van der Waals surface area contributed by atoms with Gasteiger partial charge in [-0.25, -0.2) is 13.8 Å². The summed E-state index contributed by atoms with van der Waals surface area (Å²) in [4.78, 5) is 14.6. The molecule has 1 aliphatic rings. The van der Waals surface area contributed by atoms with Crippen LogP contribution < -0.4 is 5.32 Å². The quantitative estimate of drug-likeness (QED) is 0.727. The van der Waals surface area contributed by atoms with Gasteiger partial charge in [0, 0.05) is 6.20 Å². The Morgan fingerprint density at radius 3 is 2.54 bits per heavy atom. The minimum Gasteiger partial charge on any atom is -0.312 e. The zero-order valence-corrected chi connectivity index (χ0v) is 13.2. The summed E-state index contributed by atoms with van der Waals surface area (Å²) in [5, 5.41) is 2.46. The zero-order valence-electron chi connectivity index (χ0n) is 13.2. The van der Waals surface area contributed by atoms with Crippen LogP contribution in [-0.4, -0.2) is 15.8 Å². The molecule has 2 aromatic heterocycles. The summed E-state index contributed by atoms with van der Waals surface area (Å²) in [5.74, 6) is -1.29. The number of amides is 1. The van der Waals surface area contributed by atoms with E-state index in [9.17, 15) is 13.6 Å². The first kappa shape index (κ1) is 16.1. The molecule has 0 atom stereocenters. The highest BCUT2D eigenvalue weighted by Gasteiger charge is 2.12. The van der Waals surface area contributed by atoms with Gasteiger partial charge in [-0.15, -0.1) is 0 Å². The molecule has 0 bridgehead atoms. The van der Waals surface area contributed by atoms with Gasteiger partial charge in [0.25, 0.3) is 0 Å². The van der Waals surface area contributed by atoms with Gasteiger partial charge in [-0.1, -0.05) is 25.3 Å². The third-order valence-corrected chi connectivity index (χ3v) is 3.66. The molecule has 1 fully saturated rings. The van der Waals surface area contributed by atoms with Crippen molar-refractivity contribution in [2.75, 3.05) is 5.32 Å². The van der Waals surface area contributed by atoms with Crippen molar-refractivity contribution in [3.8, 4) is 11.1 Å². The highest BCUT2D eigenvalue weighted by atomic mass is 19.2. The number of imidazole rings is 1. The Labute approximate surface area is 138 Å². The number of aromatic nitrogens is 2. The van der Waals surface area contributed by atoms with Crippen molar-refractivity contribution in [1.82, 2.24) is 9.38 Å². The van der Waals surface area contributed by atoms with E-state index in [0.717, 1.165) is 11.6 Å². The van der Waals surface area contributed by atoms with Gasteiger partial charge < -0.3 is 9.72 Å². The molecule has 4 rings (SSSR count). The fourth-order valence-electron chi connectivity index (χ4n) is 2.25. The van der Waals surface area contributed by atoms with Crippen LogP contribution in [0.3, 0.4) is 0 Å². The Bertz CT molecular complexity index is 885. The smallest absolute Gasteiger partial charge is 0.212 e. The van der Waals surface area contributed by atoms with Crippen LogP contribution in [0.4, 0.5) is 14.6 Å². The molecule has 4 nitrogen and oxygen atoms in total. The van der Waals surface area contributed by atoms with Crippen LogP contribution in [0.25, 0.3) is 16.8 Å². The van der Waals surface area contributed by atoms with Crippen molar-refractivity contribution in [2.45, 2.75) is 26.2 Å². The number of benzene rings is 1. The normalized spacial score (nSPS) is 12.5. The summed E-state index contributed by atoms with van der Waals surface area (Å²) < 4.78 is 28.5. The van der Waals surface area contributed by atoms with E-state index in [1.165, 1.54) is 32.3 Å². The summed E-state index contributed by atoms with van der Waals surface area (Å²) in [6.45, 7) is 1.53. The predicted octanol–water partition coefficient (Wildman–Crippen LogP) is 4.33. The lowest BCUT2D eigenvalue weighted by molar-refractivity contribution is -0.105. The minimum atomic E-state index is -0.863. The maximum absolute atomic E-state index is 13.7. The summed E-state index contributed by atoms with van der Waals surface area (Å²) in [6.07, 6.45) is 8.43. The van der Waals surface area contributed by atoms with Gasteiger partial charge in [-0.2, -0.15) is 0 Å². The molecule has 1 aliphatic carbocycles. The molecule has 0 aliphatic heterocycles. The van der Waals surface area contributed by atoms with E-state index in [4.69, 9.17) is 0 Å². The monoisotopic (exact) mass is 329 g/mol. The molecule has 6 heteroatoms. The molecule has 0 spiro atoms. The molecule has 3 aromatic rings. The number of carbonyl (C=O) groups is 1. The number of hydrogen-bond donors (Lipinski definition) is 1. The Morgan fingerprint density at radius 1 is 1.12 bits per heavy atom. The predicted molar refractivity (Wildman–Crippen MR) is 88.8 cm³/mol. The van der Waals surface area contributed by atoms with Crippen LogP contribution in [0.5, 0.6) is 0 Å². The average molecular weight is 329 g/mol. The van der Waals surface area contributed by atoms with E-state index >= 15 is 0 Å². The van der Waals surface area contributed by atoms with Crippen LogP contribution in [0.2, 0.25) is 0 Å². The third kappa shape index (κ3) is 3.42. The second-order valence-corrected chi connectivity index (χ2v) is 5.67. The van der Waals surface area contributed by atoms with Crippen LogP contribution >= 0.6 is 0 Å². The largest absolute Gasteiger partial charge is 0.312 e. The summed E-state index contributed by atoms with van der Waals surface area (Å²) in [7, 11) is 0. The van der Waals surface area contributed by atoms with E-state index in [1.54, 1.807) is 28.9 Å². The Morgan fingerprint density at radius 2 is 1.88 bits per heavy atom. The second kappa shape index (κ2) is 6.78. The summed E-state index contributed by atoms with van der Waals surface area (Å²) in [6, 6.07) is 6.16. The fraction of sp³-hybridized carbons (Fsp3) is 0.222. The summed E-state index contributed by atoms with van der Waals surface area (Å²) in [5.41, 5.74) is 2.23. The first-order valence-corrected chi connectivity index (χ1v) is 7.74. The van der Waals surface area contributed by atoms with Crippen molar-refractivity contribution >= 4 is 17.9 Å². The number of halogens is 2. The average Bonchev–Trinajstić information content (AvgIpc) is 3.40. The fourth-order valence-corrected chi connectivity index (χ4v) is 2.25. The Balaban J connectivity index is 0.000000508. The Kier molecular flexibility index (Phi) is 4.55. The van der Waals surface area contributed by atoms with Gasteiger partial charge in [0.15, 0.2) is 17.5 Å². The highest BCUT2D eigenvalue weighted by Crippen LogP contribution is 2.27. The molecule has 1 N–H and O–H groups in total. The van der Waals surface area contributed by atoms with Crippen molar-refractivity contribution in [2.24, 2.45) is 0 Å². The number of pyridine rings is 1. The molecular weight excluding hydrogens is 312 g/mol. The number of fused-ring (bicyclic) bond motifs is 1. The van der Waals surface area contributed by atoms with Crippen LogP contribution in [0, 0.1) is 18.6 Å². The van der Waals surface area contributed by atoms with E-state index in [1.807, 2.05) is 0 Å². The van der Waals surface area contributed by atoms with Gasteiger partial charge in [-0.05, 0) is 41.8 Å². The molecular formula is C18H17F2N3O. The zero-order chi connectivity index (χ0) is 17.1. The van der Waals surface area contributed by atoms with Crippen molar-refractivity contribution in [3.63, 3.8) is 0 Å². The van der Waals surface area contributed by atoms with E-state index < -0.39 is 11.6 Å². The van der Waals surface area contributed by atoms with Gasteiger partial charge >= 0.3 is 0 Å². The number of nitrogens with one attached hydrogen (secondary N) is 1. The van der Waals surface area contributed by atoms with E-state index in [2.05, 4.69) is 10.3 Å². The SMILES string of the molecule is C1CC1.Cc1c(-c2ccc3nc(NC=O)cn3c2)ccc(F)c1F. The first-order chi connectivity index (χ1) is 11.6. The number of hydrogen-bond acceptors (Lipinski definition) is 2. The topological polar surface area (TPSA) is 46.4 Å². The first-order valence-electron chi connectivity index (χ1n) is 7.74. The molecule has 24 heavy (non-hydrogen) atoms. The highest BCUT2D eigenvalue weighted by molar-refractivity contribution is 5.72. The third-order valence-electron chi connectivity index (χ3n) is 3.66. The maximum atomic E-state index is 13.7. The lowest BCUT2D eigenvalue weighted by Gasteiger charge is -2.08. The standard InChI is InChI=1S/C15H11F2N3O.C3H6/c1-9-11(3-4-12(16)15(9)17)10-2-5-14-19-13(18-8-21)7-20(14)6-10;1-2-3-1/h2-8H,1H3,(H,18,21);1-3H2. The van der Waals surface area contributed by atoms with Gasteiger partial charge in [0.1, 0.15) is 5.65 Å². The van der Waals surface area contributed by atoms with Gasteiger partial charge in [0.05, 0.1) is 6.20 Å². The van der Waals surface area contributed by atoms with Gasteiger partial charge in [0.2, 0.25) is 6.41 Å². The van der Waals surface area contributed by atoms with Crippen LogP contribution in [-0.2, 0) is 4.79 Å². The van der Waals surface area contributed by atoms with Gasteiger partial charge in [-0.3, -0.25) is 4.79 Å². The second-order valence-electron chi connectivity index (χ2n) is 5.67. The number of nitrogens with zero attached hydrogens (tertiary/aromatic N) is 2. The molecule has 1 amide bonds. The molecule has 1 saturated carbocycles. The molecule has 2 heterocycles. The van der Waals surface area contributed by atoms with Crippen molar-refractivity contribution < 1.29 is 13.6 Å². The van der Waals surface area contributed by atoms with Crippen molar-refractivity contribution in [3.05, 3.63) is 53.9 Å². The maximum Gasteiger partial charge on any atom is 0.212 e. The number of anilines is 1. The minimum absolute atomic E-state index is 0.251.